The van der Waals surface area contributed by atoms with Crippen molar-refractivity contribution in [3.8, 4) is 0 Å². The van der Waals surface area contributed by atoms with E-state index >= 15 is 0 Å². The molecular formula is C13H17N5O2S. The number of aromatic nitrogens is 2. The van der Waals surface area contributed by atoms with Crippen molar-refractivity contribution < 1.29 is 9.32 Å². The molecular weight excluding hydrogens is 290 g/mol. The summed E-state index contributed by atoms with van der Waals surface area (Å²) in [5.74, 6) is 0.998. The average molecular weight is 307 g/mol. The number of thiophene rings is 1. The lowest BCUT2D eigenvalue weighted by Gasteiger charge is -2.00. The van der Waals surface area contributed by atoms with Gasteiger partial charge in [0.25, 0.3) is 5.91 Å². The highest BCUT2D eigenvalue weighted by atomic mass is 32.1. The van der Waals surface area contributed by atoms with Crippen LogP contribution in [0.1, 0.15) is 21.4 Å². The maximum absolute atomic E-state index is 11.8. The lowest BCUT2D eigenvalue weighted by molar-refractivity contribution is 0.0963. The molecule has 0 spiro atoms. The molecule has 0 unspecified atom stereocenters. The van der Waals surface area contributed by atoms with E-state index in [0.717, 1.165) is 5.00 Å². The molecule has 21 heavy (non-hydrogen) atoms. The fourth-order valence-corrected chi connectivity index (χ4v) is 2.57. The summed E-state index contributed by atoms with van der Waals surface area (Å²) in [7, 11) is 0. The Morgan fingerprint density at radius 1 is 1.62 bits per heavy atom. The fraction of sp³-hybridized carbons (Fsp3) is 0.308. The number of hydrogen-bond donors (Lipinski definition) is 3. The van der Waals surface area contributed by atoms with E-state index in [0.29, 0.717) is 41.8 Å². The van der Waals surface area contributed by atoms with Crippen molar-refractivity contribution in [2.75, 3.05) is 24.1 Å². The standard InChI is InChI=1S/C13H17N5O2S/c1-3-5-16-13(19)12-9(14)7-11(21-12)15-6-4-10-17-8(2)18-20-10/h3,7,15H,1,4-6,14H2,2H3,(H,16,19). The van der Waals surface area contributed by atoms with Gasteiger partial charge in [-0.05, 0) is 13.0 Å². The van der Waals surface area contributed by atoms with Gasteiger partial charge in [0.05, 0.1) is 10.7 Å². The van der Waals surface area contributed by atoms with Gasteiger partial charge in [-0.15, -0.1) is 17.9 Å². The molecule has 0 atom stereocenters. The van der Waals surface area contributed by atoms with Crippen LogP contribution in [-0.2, 0) is 6.42 Å². The summed E-state index contributed by atoms with van der Waals surface area (Å²) in [4.78, 5) is 16.5. The molecule has 0 aliphatic carbocycles. The molecule has 0 bridgehead atoms. The summed E-state index contributed by atoms with van der Waals surface area (Å²) in [6.45, 7) is 6.35. The monoisotopic (exact) mass is 307 g/mol. The summed E-state index contributed by atoms with van der Waals surface area (Å²) >= 11 is 1.31. The minimum absolute atomic E-state index is 0.196. The first-order valence-corrected chi connectivity index (χ1v) is 7.23. The Hall–Kier alpha value is -2.35. The van der Waals surface area contributed by atoms with Crippen LogP contribution in [0.15, 0.2) is 23.2 Å². The average Bonchev–Trinajstić information content (AvgIpc) is 3.02. The van der Waals surface area contributed by atoms with Crippen molar-refractivity contribution in [1.29, 1.82) is 0 Å². The molecule has 4 N–H and O–H groups in total. The molecule has 0 aromatic carbocycles. The van der Waals surface area contributed by atoms with Crippen molar-refractivity contribution in [3.05, 3.63) is 35.3 Å². The molecule has 0 aliphatic heterocycles. The van der Waals surface area contributed by atoms with Gasteiger partial charge in [0.15, 0.2) is 5.82 Å². The van der Waals surface area contributed by atoms with Crippen molar-refractivity contribution >= 4 is 27.9 Å². The number of nitrogens with one attached hydrogen (secondary N) is 2. The van der Waals surface area contributed by atoms with Crippen LogP contribution in [0, 0.1) is 6.92 Å². The molecule has 2 aromatic heterocycles. The third-order valence-corrected chi connectivity index (χ3v) is 3.69. The Labute approximate surface area is 126 Å². The summed E-state index contributed by atoms with van der Waals surface area (Å²) in [5, 5.41) is 10.4. The second-order valence-corrected chi connectivity index (χ2v) is 5.36. The normalized spacial score (nSPS) is 10.3. The predicted octanol–water partition coefficient (Wildman–Crippen LogP) is 1.59. The van der Waals surface area contributed by atoms with Crippen molar-refractivity contribution in [3.63, 3.8) is 0 Å². The van der Waals surface area contributed by atoms with Gasteiger partial charge < -0.3 is 20.9 Å². The summed E-state index contributed by atoms with van der Waals surface area (Å²) in [6.07, 6.45) is 2.23. The number of nitrogens with two attached hydrogens (primary N) is 1. The molecule has 0 aliphatic rings. The number of nitrogens with zero attached hydrogens (tertiary/aromatic N) is 2. The molecule has 0 saturated carbocycles. The minimum atomic E-state index is -0.196. The largest absolute Gasteiger partial charge is 0.397 e. The topological polar surface area (TPSA) is 106 Å². The van der Waals surface area contributed by atoms with Crippen LogP contribution in [0.2, 0.25) is 0 Å². The minimum Gasteiger partial charge on any atom is -0.397 e. The van der Waals surface area contributed by atoms with Crippen LogP contribution in [0.4, 0.5) is 10.7 Å². The number of anilines is 2. The molecule has 7 nitrogen and oxygen atoms in total. The highest BCUT2D eigenvalue weighted by molar-refractivity contribution is 7.18. The Morgan fingerprint density at radius 3 is 3.10 bits per heavy atom. The Bertz CT molecular complexity index is 634. The van der Waals surface area contributed by atoms with Gasteiger partial charge >= 0.3 is 0 Å². The Morgan fingerprint density at radius 2 is 2.43 bits per heavy atom. The molecule has 112 valence electrons. The zero-order valence-electron chi connectivity index (χ0n) is 11.7. The first kappa shape index (κ1) is 15.0. The van der Waals surface area contributed by atoms with E-state index < -0.39 is 0 Å². The third kappa shape index (κ3) is 4.06. The van der Waals surface area contributed by atoms with Gasteiger partial charge in [0.1, 0.15) is 4.88 Å². The highest BCUT2D eigenvalue weighted by Gasteiger charge is 2.13. The maximum atomic E-state index is 11.8. The summed E-state index contributed by atoms with van der Waals surface area (Å²) < 4.78 is 5.02. The van der Waals surface area contributed by atoms with Crippen molar-refractivity contribution in [2.45, 2.75) is 13.3 Å². The van der Waals surface area contributed by atoms with Gasteiger partial charge in [0, 0.05) is 19.5 Å². The van der Waals surface area contributed by atoms with Gasteiger partial charge in [0.2, 0.25) is 5.89 Å². The van der Waals surface area contributed by atoms with Crippen LogP contribution in [-0.4, -0.2) is 29.1 Å². The zero-order valence-corrected chi connectivity index (χ0v) is 12.5. The number of amides is 1. The number of carbonyl (C=O) groups is 1. The number of carbonyl (C=O) groups excluding carboxylic acids is 1. The molecule has 8 heteroatoms. The van der Waals surface area contributed by atoms with Gasteiger partial charge in [-0.25, -0.2) is 0 Å². The quantitative estimate of drug-likeness (QED) is 0.671. The van der Waals surface area contributed by atoms with E-state index in [4.69, 9.17) is 10.3 Å². The molecule has 2 rings (SSSR count). The third-order valence-electron chi connectivity index (χ3n) is 2.58. The van der Waals surface area contributed by atoms with Crippen LogP contribution in [0.5, 0.6) is 0 Å². The van der Waals surface area contributed by atoms with E-state index in [1.165, 1.54) is 11.3 Å². The van der Waals surface area contributed by atoms with Crippen LogP contribution >= 0.6 is 11.3 Å². The van der Waals surface area contributed by atoms with E-state index in [-0.39, 0.29) is 5.91 Å². The molecule has 0 saturated heterocycles. The lowest BCUT2D eigenvalue weighted by atomic mass is 10.3. The summed E-state index contributed by atoms with van der Waals surface area (Å²) in [5.41, 5.74) is 6.30. The van der Waals surface area contributed by atoms with Crippen LogP contribution < -0.4 is 16.4 Å². The van der Waals surface area contributed by atoms with Gasteiger partial charge in [-0.1, -0.05) is 11.2 Å². The highest BCUT2D eigenvalue weighted by Crippen LogP contribution is 2.29. The molecule has 1 amide bonds. The van der Waals surface area contributed by atoms with Crippen molar-refractivity contribution in [1.82, 2.24) is 15.5 Å². The second kappa shape index (κ2) is 6.89. The van der Waals surface area contributed by atoms with Gasteiger partial charge in [-0.2, -0.15) is 4.98 Å². The van der Waals surface area contributed by atoms with E-state index in [2.05, 4.69) is 27.4 Å². The SMILES string of the molecule is C=CCNC(=O)c1sc(NCCc2nc(C)no2)cc1N. The second-order valence-electron chi connectivity index (χ2n) is 4.31. The predicted molar refractivity (Wildman–Crippen MR) is 82.5 cm³/mol. The van der Waals surface area contributed by atoms with Gasteiger partial charge in [-0.3, -0.25) is 4.79 Å². The maximum Gasteiger partial charge on any atom is 0.263 e. The van der Waals surface area contributed by atoms with E-state index in [1.54, 1.807) is 19.1 Å². The van der Waals surface area contributed by atoms with Crippen LogP contribution in [0.25, 0.3) is 0 Å². The molecule has 0 fully saturated rings. The Kier molecular flexibility index (Phi) is 4.94. The number of hydrogen-bond acceptors (Lipinski definition) is 7. The fourth-order valence-electron chi connectivity index (χ4n) is 1.65. The number of nitrogen functional groups attached to an aromatic ring is 1. The zero-order chi connectivity index (χ0) is 15.2. The first-order valence-electron chi connectivity index (χ1n) is 6.41. The Balaban J connectivity index is 1.89. The van der Waals surface area contributed by atoms with Crippen LogP contribution in [0.3, 0.4) is 0 Å². The van der Waals surface area contributed by atoms with Crippen molar-refractivity contribution in [2.24, 2.45) is 0 Å². The first-order chi connectivity index (χ1) is 10.1. The van der Waals surface area contributed by atoms with E-state index in [1.807, 2.05) is 0 Å². The molecule has 0 radical (unpaired) electrons. The molecule has 2 aromatic rings. The smallest absolute Gasteiger partial charge is 0.263 e. The summed E-state index contributed by atoms with van der Waals surface area (Å²) in [6, 6.07) is 1.74. The molecule has 2 heterocycles. The number of rotatable bonds is 7. The lowest BCUT2D eigenvalue weighted by Crippen LogP contribution is -2.22. The number of aryl methyl sites for hydroxylation is 1. The van der Waals surface area contributed by atoms with E-state index in [9.17, 15) is 4.79 Å².